The molecule has 2 aliphatic heterocycles. The minimum absolute atomic E-state index is 0.0788. The fourth-order valence-electron chi connectivity index (χ4n) is 5.11. The highest BCUT2D eigenvalue weighted by Crippen LogP contribution is 2.44. The number of methoxy groups -OCH3 is 1. The zero-order valence-corrected chi connectivity index (χ0v) is 18.3. The van der Waals surface area contributed by atoms with Crippen molar-refractivity contribution in [3.8, 4) is 5.75 Å². The molecule has 164 valence electrons. The number of para-hydroxylation sites is 1. The van der Waals surface area contributed by atoms with Gasteiger partial charge in [-0.05, 0) is 62.7 Å². The SMILES string of the molecule is COc1cccc(CC(=O)N2CC[C@H]3N(C)CC[C@@]3(C(=O)Nc3ccccc3)CC2)c1. The van der Waals surface area contributed by atoms with Gasteiger partial charge in [-0.2, -0.15) is 0 Å². The van der Waals surface area contributed by atoms with E-state index in [1.165, 1.54) is 0 Å². The van der Waals surface area contributed by atoms with Crippen LogP contribution in [0.4, 0.5) is 5.69 Å². The Hall–Kier alpha value is -2.86. The van der Waals surface area contributed by atoms with Crippen LogP contribution in [-0.4, -0.2) is 61.4 Å². The highest BCUT2D eigenvalue weighted by Gasteiger charge is 2.52. The van der Waals surface area contributed by atoms with E-state index in [1.54, 1.807) is 7.11 Å². The van der Waals surface area contributed by atoms with Gasteiger partial charge in [-0.15, -0.1) is 0 Å². The Balaban J connectivity index is 1.48. The van der Waals surface area contributed by atoms with E-state index in [-0.39, 0.29) is 17.9 Å². The number of likely N-dealkylation sites (tertiary alicyclic amines) is 2. The Bertz CT molecular complexity index is 933. The van der Waals surface area contributed by atoms with E-state index in [0.717, 1.165) is 36.4 Å². The maximum atomic E-state index is 13.5. The Labute approximate surface area is 184 Å². The summed E-state index contributed by atoms with van der Waals surface area (Å²) >= 11 is 0. The molecule has 0 aromatic heterocycles. The molecule has 0 saturated carbocycles. The minimum atomic E-state index is -0.463. The summed E-state index contributed by atoms with van der Waals surface area (Å²) in [5.74, 6) is 0.943. The summed E-state index contributed by atoms with van der Waals surface area (Å²) in [7, 11) is 3.72. The number of fused-ring (bicyclic) bond motifs is 1. The predicted molar refractivity (Wildman–Crippen MR) is 121 cm³/mol. The lowest BCUT2D eigenvalue weighted by Gasteiger charge is -2.34. The summed E-state index contributed by atoms with van der Waals surface area (Å²) in [5, 5.41) is 3.14. The van der Waals surface area contributed by atoms with E-state index in [9.17, 15) is 9.59 Å². The van der Waals surface area contributed by atoms with Gasteiger partial charge in [0.05, 0.1) is 18.9 Å². The van der Waals surface area contributed by atoms with Gasteiger partial charge in [-0.1, -0.05) is 30.3 Å². The van der Waals surface area contributed by atoms with Crippen LogP contribution in [0.15, 0.2) is 54.6 Å². The number of ether oxygens (including phenoxy) is 1. The molecule has 2 aliphatic rings. The number of hydrogen-bond donors (Lipinski definition) is 1. The molecule has 0 aliphatic carbocycles. The molecule has 2 aromatic rings. The molecule has 0 radical (unpaired) electrons. The lowest BCUT2D eigenvalue weighted by molar-refractivity contribution is -0.131. The molecule has 2 aromatic carbocycles. The smallest absolute Gasteiger partial charge is 0.232 e. The maximum Gasteiger partial charge on any atom is 0.232 e. The molecule has 2 saturated heterocycles. The fourth-order valence-corrected chi connectivity index (χ4v) is 5.11. The topological polar surface area (TPSA) is 61.9 Å². The van der Waals surface area contributed by atoms with Crippen LogP contribution in [0.2, 0.25) is 0 Å². The van der Waals surface area contributed by atoms with Crippen molar-refractivity contribution in [3.05, 3.63) is 60.2 Å². The number of rotatable bonds is 5. The van der Waals surface area contributed by atoms with Crippen LogP contribution in [0.3, 0.4) is 0 Å². The molecule has 1 N–H and O–H groups in total. The van der Waals surface area contributed by atoms with Crippen LogP contribution in [0.1, 0.15) is 24.8 Å². The summed E-state index contributed by atoms with van der Waals surface area (Å²) in [6.07, 6.45) is 2.67. The largest absolute Gasteiger partial charge is 0.497 e. The highest BCUT2D eigenvalue weighted by molar-refractivity contribution is 5.96. The molecular weight excluding hydrogens is 390 g/mol. The van der Waals surface area contributed by atoms with E-state index < -0.39 is 5.41 Å². The van der Waals surface area contributed by atoms with Crippen LogP contribution < -0.4 is 10.1 Å². The van der Waals surface area contributed by atoms with E-state index in [4.69, 9.17) is 4.74 Å². The normalized spacial score (nSPS) is 23.7. The lowest BCUT2D eigenvalue weighted by atomic mass is 9.75. The van der Waals surface area contributed by atoms with Crippen LogP contribution in [0.5, 0.6) is 5.75 Å². The number of hydrogen-bond acceptors (Lipinski definition) is 4. The molecule has 2 atom stereocenters. The monoisotopic (exact) mass is 421 g/mol. The Morgan fingerprint density at radius 3 is 2.61 bits per heavy atom. The standard InChI is InChI=1S/C25H31N3O3/c1-27-15-12-25(24(30)26-20-8-4-3-5-9-20)13-16-28(14-11-22(25)27)23(29)18-19-7-6-10-21(17-19)31-2/h3-10,17,22H,11-16,18H2,1-2H3,(H,26,30)/t22-,25-/m1/s1. The van der Waals surface area contributed by atoms with Gasteiger partial charge < -0.3 is 19.9 Å². The lowest BCUT2D eigenvalue weighted by Crippen LogP contribution is -2.46. The van der Waals surface area contributed by atoms with Crippen molar-refractivity contribution in [3.63, 3.8) is 0 Å². The first-order valence-corrected chi connectivity index (χ1v) is 11.0. The van der Waals surface area contributed by atoms with Crippen molar-refractivity contribution in [1.82, 2.24) is 9.80 Å². The Morgan fingerprint density at radius 1 is 1.06 bits per heavy atom. The van der Waals surface area contributed by atoms with Gasteiger partial charge in [0, 0.05) is 24.8 Å². The quantitative estimate of drug-likeness (QED) is 0.806. The van der Waals surface area contributed by atoms with Crippen molar-refractivity contribution in [2.75, 3.05) is 39.1 Å². The second-order valence-corrected chi connectivity index (χ2v) is 8.67. The second-order valence-electron chi connectivity index (χ2n) is 8.67. The molecule has 6 nitrogen and oxygen atoms in total. The average molecular weight is 422 g/mol. The summed E-state index contributed by atoms with van der Waals surface area (Å²) in [5.41, 5.74) is 1.31. The fraction of sp³-hybridized carbons (Fsp3) is 0.440. The molecular formula is C25H31N3O3. The predicted octanol–water partition coefficient (Wildman–Crippen LogP) is 3.19. The summed E-state index contributed by atoms with van der Waals surface area (Å²) in [6.45, 7) is 2.19. The number of nitrogens with one attached hydrogen (secondary N) is 1. The van der Waals surface area contributed by atoms with Gasteiger partial charge in [-0.3, -0.25) is 9.59 Å². The maximum absolute atomic E-state index is 13.5. The van der Waals surface area contributed by atoms with Gasteiger partial charge in [0.1, 0.15) is 5.75 Å². The van der Waals surface area contributed by atoms with Crippen molar-refractivity contribution >= 4 is 17.5 Å². The first kappa shape index (κ1) is 21.4. The van der Waals surface area contributed by atoms with Crippen LogP contribution >= 0.6 is 0 Å². The van der Waals surface area contributed by atoms with Crippen molar-refractivity contribution < 1.29 is 14.3 Å². The van der Waals surface area contributed by atoms with Gasteiger partial charge in [0.15, 0.2) is 0 Å². The average Bonchev–Trinajstić information content (AvgIpc) is 2.98. The Kier molecular flexibility index (Phi) is 6.28. The molecule has 0 bridgehead atoms. The number of benzene rings is 2. The number of nitrogens with zero attached hydrogens (tertiary/aromatic N) is 2. The van der Waals surface area contributed by atoms with Crippen LogP contribution in [0, 0.1) is 5.41 Å². The van der Waals surface area contributed by atoms with Gasteiger partial charge in [0.25, 0.3) is 0 Å². The van der Waals surface area contributed by atoms with Gasteiger partial charge in [-0.25, -0.2) is 0 Å². The van der Waals surface area contributed by atoms with Gasteiger partial charge >= 0.3 is 0 Å². The number of anilines is 1. The summed E-state index contributed by atoms with van der Waals surface area (Å²) in [4.78, 5) is 30.7. The van der Waals surface area contributed by atoms with E-state index >= 15 is 0 Å². The van der Waals surface area contributed by atoms with E-state index in [0.29, 0.717) is 25.9 Å². The third-order valence-electron chi connectivity index (χ3n) is 6.91. The minimum Gasteiger partial charge on any atom is -0.497 e. The first-order chi connectivity index (χ1) is 15.0. The molecule has 0 unspecified atom stereocenters. The van der Waals surface area contributed by atoms with Crippen molar-refractivity contribution in [2.24, 2.45) is 5.41 Å². The summed E-state index contributed by atoms with van der Waals surface area (Å²) < 4.78 is 5.28. The third kappa shape index (κ3) is 4.44. The Morgan fingerprint density at radius 2 is 1.84 bits per heavy atom. The molecule has 0 spiro atoms. The van der Waals surface area contributed by atoms with Crippen molar-refractivity contribution in [2.45, 2.75) is 31.7 Å². The molecule has 6 heteroatoms. The molecule has 31 heavy (non-hydrogen) atoms. The highest BCUT2D eigenvalue weighted by atomic mass is 16.5. The molecule has 2 heterocycles. The molecule has 2 fully saturated rings. The zero-order chi connectivity index (χ0) is 21.8. The van der Waals surface area contributed by atoms with E-state index in [2.05, 4.69) is 17.3 Å². The second kappa shape index (κ2) is 9.10. The number of amides is 2. The number of carbonyl (C=O) groups is 2. The van der Waals surface area contributed by atoms with Crippen LogP contribution in [0.25, 0.3) is 0 Å². The molecule has 4 rings (SSSR count). The van der Waals surface area contributed by atoms with E-state index in [1.807, 2.05) is 59.5 Å². The number of carbonyl (C=O) groups excluding carboxylic acids is 2. The van der Waals surface area contributed by atoms with Gasteiger partial charge in [0.2, 0.25) is 11.8 Å². The molecule has 2 amide bonds. The zero-order valence-electron chi connectivity index (χ0n) is 18.3. The van der Waals surface area contributed by atoms with Crippen molar-refractivity contribution in [1.29, 1.82) is 0 Å². The van der Waals surface area contributed by atoms with Crippen LogP contribution in [-0.2, 0) is 16.0 Å². The summed E-state index contributed by atoms with van der Waals surface area (Å²) in [6, 6.07) is 17.4. The first-order valence-electron chi connectivity index (χ1n) is 11.0. The third-order valence-corrected chi connectivity index (χ3v) is 6.91.